The van der Waals surface area contributed by atoms with Gasteiger partial charge in [-0.05, 0) is 53.6 Å². The minimum Gasteiger partial charge on any atom is -0.338 e. The molecule has 5 rings (SSSR count). The van der Waals surface area contributed by atoms with E-state index >= 15 is 0 Å². The summed E-state index contributed by atoms with van der Waals surface area (Å²) in [5, 5.41) is 2.63. The van der Waals surface area contributed by atoms with Crippen LogP contribution >= 0.6 is 22.9 Å². The molecule has 0 aliphatic carbocycles. The number of carbonyl (C=O) groups excluding carboxylic acids is 2. The van der Waals surface area contributed by atoms with Crippen molar-refractivity contribution >= 4 is 34.8 Å². The van der Waals surface area contributed by atoms with E-state index in [2.05, 4.69) is 47.5 Å². The molecule has 0 saturated carbocycles. The van der Waals surface area contributed by atoms with Gasteiger partial charge in [0.25, 0.3) is 5.91 Å². The number of piperazine rings is 1. The summed E-state index contributed by atoms with van der Waals surface area (Å²) in [4.78, 5) is 33.6. The van der Waals surface area contributed by atoms with Crippen molar-refractivity contribution in [2.45, 2.75) is 19.4 Å². The van der Waals surface area contributed by atoms with Gasteiger partial charge in [-0.3, -0.25) is 14.5 Å². The van der Waals surface area contributed by atoms with E-state index in [0.717, 1.165) is 13.0 Å². The maximum absolute atomic E-state index is 13.3. The van der Waals surface area contributed by atoms with E-state index in [0.29, 0.717) is 43.3 Å². The molecule has 34 heavy (non-hydrogen) atoms. The molecule has 1 saturated heterocycles. The van der Waals surface area contributed by atoms with Crippen molar-refractivity contribution in [1.29, 1.82) is 0 Å². The first-order valence-corrected chi connectivity index (χ1v) is 13.0. The fourth-order valence-corrected chi connectivity index (χ4v) is 6.15. The summed E-state index contributed by atoms with van der Waals surface area (Å²) in [5.41, 5.74) is 4.36. The third-order valence-corrected chi connectivity index (χ3v) is 8.24. The van der Waals surface area contributed by atoms with Crippen LogP contribution in [0.2, 0.25) is 5.02 Å². The molecule has 3 aromatic rings. The summed E-state index contributed by atoms with van der Waals surface area (Å²) in [6.45, 7) is 5.52. The Hall–Kier alpha value is -2.67. The first-order valence-electron chi connectivity index (χ1n) is 11.7. The predicted molar refractivity (Wildman–Crippen MR) is 137 cm³/mol. The topological polar surface area (TPSA) is 43.9 Å². The molecule has 7 heteroatoms. The molecule has 1 atom stereocenters. The Labute approximate surface area is 209 Å². The Morgan fingerprint density at radius 2 is 1.62 bits per heavy atom. The number of amides is 2. The zero-order valence-corrected chi connectivity index (χ0v) is 20.8. The van der Waals surface area contributed by atoms with Crippen LogP contribution in [0.5, 0.6) is 0 Å². The molecule has 0 radical (unpaired) electrons. The molecule has 5 nitrogen and oxygen atoms in total. The minimum absolute atomic E-state index is 0.0710. The van der Waals surface area contributed by atoms with Crippen LogP contribution in [0.3, 0.4) is 0 Å². The summed E-state index contributed by atoms with van der Waals surface area (Å²) in [7, 11) is 0. The van der Waals surface area contributed by atoms with Crippen molar-refractivity contribution in [3.63, 3.8) is 0 Å². The number of benzene rings is 2. The van der Waals surface area contributed by atoms with Gasteiger partial charge < -0.3 is 9.80 Å². The molecule has 3 heterocycles. The number of fused-ring (bicyclic) bond motifs is 1. The molecule has 0 bridgehead atoms. The Morgan fingerprint density at radius 1 is 0.912 bits per heavy atom. The van der Waals surface area contributed by atoms with Crippen LogP contribution in [-0.4, -0.2) is 65.8 Å². The van der Waals surface area contributed by atoms with E-state index in [1.54, 1.807) is 17.0 Å². The van der Waals surface area contributed by atoms with Crippen molar-refractivity contribution in [2.24, 2.45) is 0 Å². The van der Waals surface area contributed by atoms with Gasteiger partial charge in [0.2, 0.25) is 5.91 Å². The molecule has 1 aromatic heterocycles. The Balaban J connectivity index is 1.27. The first-order chi connectivity index (χ1) is 16.5. The van der Waals surface area contributed by atoms with Crippen LogP contribution in [-0.2, 0) is 11.2 Å². The molecule has 0 unspecified atom stereocenters. The standard InChI is InChI=1S/C27H28ClN3O2S/c1-19-6-2-3-7-20(19)26-22-11-17-34-24(22)10-12-31(26)18-25(32)29-13-15-30(16-14-29)27(33)21-8-4-5-9-23(21)28/h2-9,11,17,26H,10,12-16,18H2,1H3/t26-/m1/s1. The van der Waals surface area contributed by atoms with Gasteiger partial charge in [0, 0.05) is 37.6 Å². The van der Waals surface area contributed by atoms with E-state index in [-0.39, 0.29) is 17.9 Å². The normalized spacial score (nSPS) is 18.6. The molecular weight excluding hydrogens is 466 g/mol. The van der Waals surface area contributed by atoms with Crippen molar-refractivity contribution in [3.05, 3.63) is 92.1 Å². The lowest BCUT2D eigenvalue weighted by Gasteiger charge is -2.39. The highest BCUT2D eigenvalue weighted by atomic mass is 35.5. The van der Waals surface area contributed by atoms with Gasteiger partial charge in [-0.15, -0.1) is 11.3 Å². The van der Waals surface area contributed by atoms with Gasteiger partial charge in [0.05, 0.1) is 23.2 Å². The molecule has 2 aliphatic rings. The Morgan fingerprint density at radius 3 is 2.38 bits per heavy atom. The van der Waals surface area contributed by atoms with Gasteiger partial charge in [-0.2, -0.15) is 0 Å². The van der Waals surface area contributed by atoms with Crippen LogP contribution in [0.1, 0.15) is 38.0 Å². The number of halogens is 1. The zero-order chi connectivity index (χ0) is 23.7. The van der Waals surface area contributed by atoms with Crippen molar-refractivity contribution in [3.8, 4) is 0 Å². The van der Waals surface area contributed by atoms with Gasteiger partial charge in [0.1, 0.15) is 0 Å². The summed E-state index contributed by atoms with van der Waals surface area (Å²) in [5.74, 6) is 0.0560. The minimum atomic E-state index is -0.0710. The number of hydrogen-bond donors (Lipinski definition) is 0. The molecule has 0 N–H and O–H groups in total. The van der Waals surface area contributed by atoms with Crippen LogP contribution in [0.4, 0.5) is 0 Å². The fraction of sp³-hybridized carbons (Fsp3) is 0.333. The molecule has 2 aromatic carbocycles. The van der Waals surface area contributed by atoms with Crippen molar-refractivity contribution < 1.29 is 9.59 Å². The highest BCUT2D eigenvalue weighted by molar-refractivity contribution is 7.10. The van der Waals surface area contributed by atoms with E-state index in [4.69, 9.17) is 11.6 Å². The van der Waals surface area contributed by atoms with Gasteiger partial charge in [-0.1, -0.05) is 48.0 Å². The van der Waals surface area contributed by atoms with E-state index in [1.807, 2.05) is 28.4 Å². The van der Waals surface area contributed by atoms with Crippen molar-refractivity contribution in [2.75, 3.05) is 39.3 Å². The second-order valence-corrected chi connectivity index (χ2v) is 10.3. The average Bonchev–Trinajstić information content (AvgIpc) is 3.33. The number of rotatable bonds is 4. The summed E-state index contributed by atoms with van der Waals surface area (Å²) in [6.07, 6.45) is 0.975. The van der Waals surface area contributed by atoms with Crippen LogP contribution in [0.15, 0.2) is 60.0 Å². The lowest BCUT2D eigenvalue weighted by Crippen LogP contribution is -2.53. The lowest BCUT2D eigenvalue weighted by atomic mass is 9.90. The molecule has 176 valence electrons. The largest absolute Gasteiger partial charge is 0.338 e. The molecule has 0 spiro atoms. The molecule has 2 aliphatic heterocycles. The summed E-state index contributed by atoms with van der Waals surface area (Å²) < 4.78 is 0. The van der Waals surface area contributed by atoms with E-state index in [9.17, 15) is 9.59 Å². The van der Waals surface area contributed by atoms with Gasteiger partial charge >= 0.3 is 0 Å². The Bertz CT molecular complexity index is 1200. The van der Waals surface area contributed by atoms with Crippen molar-refractivity contribution in [1.82, 2.24) is 14.7 Å². The number of carbonyl (C=O) groups is 2. The average molecular weight is 494 g/mol. The third-order valence-electron chi connectivity index (χ3n) is 6.91. The quantitative estimate of drug-likeness (QED) is 0.531. The fourth-order valence-electron chi connectivity index (χ4n) is 5.03. The number of aryl methyl sites for hydroxylation is 1. The van der Waals surface area contributed by atoms with Crippen LogP contribution in [0, 0.1) is 6.92 Å². The number of thiophene rings is 1. The monoisotopic (exact) mass is 493 g/mol. The van der Waals surface area contributed by atoms with Gasteiger partial charge in [0.15, 0.2) is 0 Å². The number of nitrogens with zero attached hydrogens (tertiary/aromatic N) is 3. The summed E-state index contributed by atoms with van der Waals surface area (Å²) in [6, 6.07) is 17.9. The maximum Gasteiger partial charge on any atom is 0.255 e. The first kappa shape index (κ1) is 23.1. The molecular formula is C27H28ClN3O2S. The zero-order valence-electron chi connectivity index (χ0n) is 19.2. The number of hydrogen-bond acceptors (Lipinski definition) is 4. The predicted octanol–water partition coefficient (Wildman–Crippen LogP) is 4.64. The van der Waals surface area contributed by atoms with E-state index in [1.165, 1.54) is 21.6 Å². The van der Waals surface area contributed by atoms with Crippen LogP contribution < -0.4 is 0 Å². The van der Waals surface area contributed by atoms with Crippen LogP contribution in [0.25, 0.3) is 0 Å². The van der Waals surface area contributed by atoms with Gasteiger partial charge in [-0.25, -0.2) is 0 Å². The third kappa shape index (κ3) is 4.50. The second kappa shape index (κ2) is 9.90. The SMILES string of the molecule is Cc1ccccc1[C@@H]1c2ccsc2CCN1CC(=O)N1CCN(C(=O)c2ccccc2Cl)CC1. The summed E-state index contributed by atoms with van der Waals surface area (Å²) >= 11 is 8.02. The molecule has 2 amide bonds. The second-order valence-electron chi connectivity index (χ2n) is 8.93. The molecule has 1 fully saturated rings. The van der Waals surface area contributed by atoms with E-state index < -0.39 is 0 Å². The Kier molecular flexibility index (Phi) is 6.73. The highest BCUT2D eigenvalue weighted by Gasteiger charge is 2.33. The smallest absolute Gasteiger partial charge is 0.255 e. The highest BCUT2D eigenvalue weighted by Crippen LogP contribution is 2.38. The lowest BCUT2D eigenvalue weighted by molar-refractivity contribution is -0.134. The maximum atomic E-state index is 13.3.